The van der Waals surface area contributed by atoms with Gasteiger partial charge in [0, 0.05) is 16.1 Å². The number of ketones is 1. The number of thiophene rings is 1. The zero-order valence-electron chi connectivity index (χ0n) is 8.87. The predicted octanol–water partition coefficient (Wildman–Crippen LogP) is 2.91. The maximum Gasteiger partial charge on any atom is 0.180 e. The second kappa shape index (κ2) is 4.95. The Hall–Kier alpha value is -0.900. The highest BCUT2D eigenvalue weighted by atomic mass is 35.5. The molecule has 84 valence electrons. The van der Waals surface area contributed by atoms with Gasteiger partial charge in [0.2, 0.25) is 0 Å². The van der Waals surface area contributed by atoms with Crippen LogP contribution in [0.25, 0.3) is 10.1 Å². The second-order valence-corrected chi connectivity index (χ2v) is 4.79. The molecule has 0 saturated heterocycles. The quantitative estimate of drug-likeness (QED) is 0.671. The van der Waals surface area contributed by atoms with Crippen molar-refractivity contribution in [1.82, 2.24) is 5.32 Å². The number of carbonyl (C=O) groups is 1. The number of rotatable bonds is 4. The minimum absolute atomic E-state index is 0.0489. The van der Waals surface area contributed by atoms with Gasteiger partial charge in [-0.05, 0) is 29.9 Å². The summed E-state index contributed by atoms with van der Waals surface area (Å²) in [5, 5.41) is 6.11. The second-order valence-electron chi connectivity index (χ2n) is 3.53. The summed E-state index contributed by atoms with van der Waals surface area (Å²) in [7, 11) is 1.74. The number of fused-ring (bicyclic) bond motifs is 1. The van der Waals surface area contributed by atoms with Gasteiger partial charge in [-0.3, -0.25) is 4.79 Å². The Kier molecular flexibility index (Phi) is 3.59. The smallest absolute Gasteiger partial charge is 0.180 e. The number of nitrogens with one attached hydrogen (secondary N) is 1. The van der Waals surface area contributed by atoms with Crippen LogP contribution in [0.4, 0.5) is 0 Å². The van der Waals surface area contributed by atoms with Crippen molar-refractivity contribution in [3.63, 3.8) is 0 Å². The van der Waals surface area contributed by atoms with Crippen LogP contribution < -0.4 is 5.32 Å². The van der Waals surface area contributed by atoms with Gasteiger partial charge < -0.3 is 5.32 Å². The number of halogens is 1. The number of hydrogen-bond donors (Lipinski definition) is 1. The Morgan fingerprint density at radius 2 is 2.31 bits per heavy atom. The SMILES string of the molecule is CNC(CCl)C(=O)c1ccc2ccsc2c1. The number of alkyl halides is 1. The summed E-state index contributed by atoms with van der Waals surface area (Å²) in [5.41, 5.74) is 0.718. The van der Waals surface area contributed by atoms with Gasteiger partial charge in [0.05, 0.1) is 6.04 Å². The van der Waals surface area contributed by atoms with Gasteiger partial charge in [0.25, 0.3) is 0 Å². The van der Waals surface area contributed by atoms with Crippen molar-refractivity contribution < 1.29 is 4.79 Å². The van der Waals surface area contributed by atoms with Gasteiger partial charge in [-0.15, -0.1) is 22.9 Å². The molecule has 1 aromatic heterocycles. The van der Waals surface area contributed by atoms with Gasteiger partial charge in [0.1, 0.15) is 0 Å². The van der Waals surface area contributed by atoms with E-state index < -0.39 is 0 Å². The lowest BCUT2D eigenvalue weighted by Crippen LogP contribution is -2.35. The van der Waals surface area contributed by atoms with Crippen molar-refractivity contribution in [1.29, 1.82) is 0 Å². The first-order valence-electron chi connectivity index (χ1n) is 5.01. The van der Waals surface area contributed by atoms with Gasteiger partial charge in [0.15, 0.2) is 5.78 Å². The molecule has 1 heterocycles. The Labute approximate surface area is 103 Å². The molecule has 0 aliphatic carbocycles. The Morgan fingerprint density at radius 1 is 1.50 bits per heavy atom. The average molecular weight is 254 g/mol. The van der Waals surface area contributed by atoms with Gasteiger partial charge >= 0.3 is 0 Å². The van der Waals surface area contributed by atoms with Crippen molar-refractivity contribution in [2.24, 2.45) is 0 Å². The molecule has 0 amide bonds. The summed E-state index contributed by atoms with van der Waals surface area (Å²) < 4.78 is 1.13. The summed E-state index contributed by atoms with van der Waals surface area (Å²) in [5.74, 6) is 0.338. The number of benzene rings is 1. The maximum atomic E-state index is 12.0. The molecule has 16 heavy (non-hydrogen) atoms. The van der Waals surface area contributed by atoms with E-state index in [-0.39, 0.29) is 17.7 Å². The van der Waals surface area contributed by atoms with Crippen molar-refractivity contribution in [2.45, 2.75) is 6.04 Å². The Bertz CT molecular complexity index is 504. The molecule has 0 aliphatic heterocycles. The van der Waals surface area contributed by atoms with E-state index in [0.29, 0.717) is 0 Å². The standard InChI is InChI=1S/C12H12ClNOS/c1-14-10(7-13)12(15)9-3-2-8-4-5-16-11(8)6-9/h2-6,10,14H,7H2,1H3. The molecule has 1 atom stereocenters. The fraction of sp³-hybridized carbons (Fsp3) is 0.250. The van der Waals surface area contributed by atoms with Crippen LogP contribution in [0.15, 0.2) is 29.6 Å². The molecule has 0 aliphatic rings. The molecule has 0 spiro atoms. The van der Waals surface area contributed by atoms with E-state index in [2.05, 4.69) is 5.32 Å². The van der Waals surface area contributed by atoms with Crippen LogP contribution in [0.5, 0.6) is 0 Å². The largest absolute Gasteiger partial charge is 0.309 e. The predicted molar refractivity (Wildman–Crippen MR) is 69.7 cm³/mol. The number of hydrogen-bond acceptors (Lipinski definition) is 3. The molecule has 0 bridgehead atoms. The van der Waals surface area contributed by atoms with Crippen LogP contribution in [0.3, 0.4) is 0 Å². The minimum atomic E-state index is -0.306. The van der Waals surface area contributed by atoms with E-state index in [9.17, 15) is 4.79 Å². The molecule has 2 rings (SSSR count). The highest BCUT2D eigenvalue weighted by Crippen LogP contribution is 2.22. The van der Waals surface area contributed by atoms with E-state index in [1.165, 1.54) is 5.39 Å². The first-order chi connectivity index (χ1) is 7.76. The molecule has 2 nitrogen and oxygen atoms in total. The van der Waals surface area contributed by atoms with E-state index in [0.717, 1.165) is 10.3 Å². The highest BCUT2D eigenvalue weighted by Gasteiger charge is 2.17. The van der Waals surface area contributed by atoms with Crippen LogP contribution in [0.2, 0.25) is 0 Å². The monoisotopic (exact) mass is 253 g/mol. The van der Waals surface area contributed by atoms with E-state index in [1.54, 1.807) is 18.4 Å². The molecular formula is C12H12ClNOS. The van der Waals surface area contributed by atoms with Crippen molar-refractivity contribution in [3.8, 4) is 0 Å². The molecule has 0 radical (unpaired) electrons. The molecule has 0 saturated carbocycles. The van der Waals surface area contributed by atoms with Gasteiger partial charge in [-0.1, -0.05) is 12.1 Å². The van der Waals surface area contributed by atoms with Gasteiger partial charge in [-0.2, -0.15) is 0 Å². The van der Waals surface area contributed by atoms with Crippen LogP contribution in [0, 0.1) is 0 Å². The lowest BCUT2D eigenvalue weighted by atomic mass is 10.0. The normalized spacial score (nSPS) is 12.9. The summed E-state index contributed by atoms with van der Waals surface area (Å²) in [4.78, 5) is 12.0. The maximum absolute atomic E-state index is 12.0. The molecule has 1 unspecified atom stereocenters. The van der Waals surface area contributed by atoms with Crippen molar-refractivity contribution in [2.75, 3.05) is 12.9 Å². The molecule has 2 aromatic rings. The fourth-order valence-corrected chi connectivity index (χ4v) is 2.71. The van der Waals surface area contributed by atoms with Crippen molar-refractivity contribution >= 4 is 38.8 Å². The van der Waals surface area contributed by atoms with Crippen LogP contribution >= 0.6 is 22.9 Å². The molecule has 0 fully saturated rings. The van der Waals surface area contributed by atoms with Crippen LogP contribution in [-0.4, -0.2) is 24.8 Å². The summed E-state index contributed by atoms with van der Waals surface area (Å²) in [6, 6.07) is 7.50. The highest BCUT2D eigenvalue weighted by molar-refractivity contribution is 7.17. The topological polar surface area (TPSA) is 29.1 Å². The Balaban J connectivity index is 2.35. The summed E-state index contributed by atoms with van der Waals surface area (Å²) in [6.07, 6.45) is 0. The first-order valence-corrected chi connectivity index (χ1v) is 6.42. The first kappa shape index (κ1) is 11.6. The summed E-state index contributed by atoms with van der Waals surface area (Å²) in [6.45, 7) is 0. The summed E-state index contributed by atoms with van der Waals surface area (Å²) >= 11 is 7.37. The molecule has 4 heteroatoms. The number of Topliss-reactive ketones (excluding diaryl/α,β-unsaturated/α-hetero) is 1. The average Bonchev–Trinajstić information content (AvgIpc) is 2.77. The lowest BCUT2D eigenvalue weighted by Gasteiger charge is -2.11. The van der Waals surface area contributed by atoms with E-state index >= 15 is 0 Å². The fourth-order valence-electron chi connectivity index (χ4n) is 1.59. The zero-order chi connectivity index (χ0) is 11.5. The van der Waals surface area contributed by atoms with E-state index in [4.69, 9.17) is 11.6 Å². The third kappa shape index (κ3) is 2.12. The number of likely N-dealkylation sites (N-methyl/N-ethyl adjacent to an activating group) is 1. The zero-order valence-corrected chi connectivity index (χ0v) is 10.4. The Morgan fingerprint density at radius 3 is 3.00 bits per heavy atom. The third-order valence-corrected chi connectivity index (χ3v) is 3.75. The lowest BCUT2D eigenvalue weighted by molar-refractivity contribution is 0.0957. The van der Waals surface area contributed by atoms with Gasteiger partial charge in [-0.25, -0.2) is 0 Å². The van der Waals surface area contributed by atoms with E-state index in [1.807, 2.05) is 29.6 Å². The number of carbonyl (C=O) groups excluding carboxylic acids is 1. The van der Waals surface area contributed by atoms with Crippen molar-refractivity contribution in [3.05, 3.63) is 35.2 Å². The molecule has 1 N–H and O–H groups in total. The third-order valence-electron chi connectivity index (χ3n) is 2.56. The van der Waals surface area contributed by atoms with Crippen LogP contribution in [0.1, 0.15) is 10.4 Å². The molecule has 1 aromatic carbocycles. The molecular weight excluding hydrogens is 242 g/mol. The van der Waals surface area contributed by atoms with Crippen LogP contribution in [-0.2, 0) is 0 Å². The minimum Gasteiger partial charge on any atom is -0.309 e.